The lowest BCUT2D eigenvalue weighted by Crippen LogP contribution is -2.37. The molecule has 0 atom stereocenters. The van der Waals surface area contributed by atoms with Gasteiger partial charge in [-0.05, 0) is 36.6 Å². The van der Waals surface area contributed by atoms with Crippen molar-refractivity contribution in [2.75, 3.05) is 6.54 Å². The van der Waals surface area contributed by atoms with E-state index in [1.165, 1.54) is 0 Å². The van der Waals surface area contributed by atoms with Crippen LogP contribution >= 0.6 is 0 Å². The molecule has 1 amide bonds. The third-order valence-corrected chi connectivity index (χ3v) is 3.83. The summed E-state index contributed by atoms with van der Waals surface area (Å²) in [6.07, 6.45) is 0.935. The number of aryl methyl sites for hydroxylation is 1. The van der Waals surface area contributed by atoms with Gasteiger partial charge in [-0.1, -0.05) is 11.2 Å². The maximum Gasteiger partial charge on any atom is 0.335 e. The van der Waals surface area contributed by atoms with Crippen molar-refractivity contribution >= 4 is 11.9 Å². The van der Waals surface area contributed by atoms with E-state index in [2.05, 4.69) is 5.16 Å². The average Bonchev–Trinajstić information content (AvgIpc) is 2.91. The zero-order valence-corrected chi connectivity index (χ0v) is 12.2. The molecular weight excluding hydrogens is 284 g/mol. The van der Waals surface area contributed by atoms with Crippen LogP contribution in [0, 0.1) is 6.92 Å². The van der Waals surface area contributed by atoms with Gasteiger partial charge in [-0.2, -0.15) is 0 Å². The number of aromatic nitrogens is 1. The molecule has 1 aromatic heterocycles. The molecule has 6 nitrogen and oxygen atoms in total. The van der Waals surface area contributed by atoms with Crippen molar-refractivity contribution in [3.8, 4) is 0 Å². The minimum atomic E-state index is -0.954. The number of rotatable bonds is 3. The first-order chi connectivity index (χ1) is 10.5. The van der Waals surface area contributed by atoms with Crippen LogP contribution in [0.5, 0.6) is 0 Å². The molecule has 0 aliphatic carbocycles. The normalized spacial score (nSPS) is 13.8. The number of hydrogen-bond donors (Lipinski definition) is 1. The molecule has 6 heteroatoms. The summed E-state index contributed by atoms with van der Waals surface area (Å²) in [5, 5.41) is 12.9. The SMILES string of the molecule is Cc1cc(CC(=O)N2CCc3ccc(C(=O)O)cc3C2)no1. The van der Waals surface area contributed by atoms with Gasteiger partial charge in [0.15, 0.2) is 0 Å². The van der Waals surface area contributed by atoms with Crippen molar-refractivity contribution in [3.05, 3.63) is 52.4 Å². The fourth-order valence-electron chi connectivity index (χ4n) is 2.67. The van der Waals surface area contributed by atoms with Crippen LogP contribution in [0.1, 0.15) is 32.9 Å². The molecule has 0 saturated carbocycles. The van der Waals surface area contributed by atoms with Crippen molar-refractivity contribution in [1.29, 1.82) is 0 Å². The highest BCUT2D eigenvalue weighted by Crippen LogP contribution is 2.21. The Morgan fingerprint density at radius 2 is 2.14 bits per heavy atom. The average molecular weight is 300 g/mol. The number of hydrogen-bond acceptors (Lipinski definition) is 4. The molecule has 1 aliphatic heterocycles. The van der Waals surface area contributed by atoms with Crippen molar-refractivity contribution in [2.24, 2.45) is 0 Å². The third-order valence-electron chi connectivity index (χ3n) is 3.83. The molecule has 0 saturated heterocycles. The van der Waals surface area contributed by atoms with E-state index in [-0.39, 0.29) is 17.9 Å². The monoisotopic (exact) mass is 300 g/mol. The summed E-state index contributed by atoms with van der Waals surface area (Å²) in [5.74, 6) is -0.304. The van der Waals surface area contributed by atoms with Crippen LogP contribution in [0.2, 0.25) is 0 Å². The summed E-state index contributed by atoms with van der Waals surface area (Å²) < 4.78 is 4.97. The maximum absolute atomic E-state index is 12.3. The second kappa shape index (κ2) is 5.63. The minimum absolute atomic E-state index is 0.0281. The van der Waals surface area contributed by atoms with Gasteiger partial charge >= 0.3 is 5.97 Å². The molecule has 1 aliphatic rings. The summed E-state index contributed by atoms with van der Waals surface area (Å²) in [6.45, 7) is 2.85. The molecule has 22 heavy (non-hydrogen) atoms. The lowest BCUT2D eigenvalue weighted by Gasteiger charge is -2.29. The van der Waals surface area contributed by atoms with Crippen LogP contribution in [-0.2, 0) is 24.2 Å². The van der Waals surface area contributed by atoms with Gasteiger partial charge in [0.2, 0.25) is 5.91 Å². The number of carboxylic acids is 1. The van der Waals surface area contributed by atoms with Crippen molar-refractivity contribution in [3.63, 3.8) is 0 Å². The van der Waals surface area contributed by atoms with Crippen LogP contribution in [0.4, 0.5) is 0 Å². The smallest absolute Gasteiger partial charge is 0.335 e. The Morgan fingerprint density at radius 3 is 2.82 bits per heavy atom. The largest absolute Gasteiger partial charge is 0.478 e. The molecule has 0 bridgehead atoms. The fraction of sp³-hybridized carbons (Fsp3) is 0.312. The number of fused-ring (bicyclic) bond motifs is 1. The molecule has 3 rings (SSSR count). The van der Waals surface area contributed by atoms with E-state index in [0.29, 0.717) is 24.5 Å². The molecule has 114 valence electrons. The number of benzene rings is 1. The van der Waals surface area contributed by atoms with Gasteiger partial charge in [0, 0.05) is 19.2 Å². The van der Waals surface area contributed by atoms with Crippen molar-refractivity contribution in [1.82, 2.24) is 10.1 Å². The molecule has 0 fully saturated rings. The van der Waals surface area contributed by atoms with E-state index >= 15 is 0 Å². The minimum Gasteiger partial charge on any atom is -0.478 e. The second-order valence-electron chi connectivity index (χ2n) is 5.46. The molecule has 0 spiro atoms. The second-order valence-corrected chi connectivity index (χ2v) is 5.46. The first kappa shape index (κ1) is 14.3. The van der Waals surface area contributed by atoms with E-state index in [1.807, 2.05) is 6.07 Å². The first-order valence-corrected chi connectivity index (χ1v) is 7.08. The van der Waals surface area contributed by atoms with Gasteiger partial charge in [0.05, 0.1) is 17.7 Å². The number of carbonyl (C=O) groups is 2. The van der Waals surface area contributed by atoms with E-state index in [1.54, 1.807) is 30.0 Å². The van der Waals surface area contributed by atoms with E-state index in [0.717, 1.165) is 17.5 Å². The summed E-state index contributed by atoms with van der Waals surface area (Å²) in [7, 11) is 0. The Morgan fingerprint density at radius 1 is 1.32 bits per heavy atom. The van der Waals surface area contributed by atoms with Crippen LogP contribution < -0.4 is 0 Å². The molecule has 2 aromatic rings. The summed E-state index contributed by atoms with van der Waals surface area (Å²) >= 11 is 0. The van der Waals surface area contributed by atoms with Gasteiger partial charge in [-0.15, -0.1) is 0 Å². The molecule has 2 heterocycles. The summed E-state index contributed by atoms with van der Waals surface area (Å²) in [5.41, 5.74) is 2.87. The fourth-order valence-corrected chi connectivity index (χ4v) is 2.67. The lowest BCUT2D eigenvalue weighted by molar-refractivity contribution is -0.131. The Hall–Kier alpha value is -2.63. The highest BCUT2D eigenvalue weighted by Gasteiger charge is 2.22. The van der Waals surface area contributed by atoms with Gasteiger partial charge in [0.25, 0.3) is 0 Å². The maximum atomic E-state index is 12.3. The Bertz CT molecular complexity index is 735. The molecule has 0 radical (unpaired) electrons. The third kappa shape index (κ3) is 2.86. The van der Waals surface area contributed by atoms with E-state index in [4.69, 9.17) is 9.63 Å². The highest BCUT2D eigenvalue weighted by atomic mass is 16.5. The molecule has 0 unspecified atom stereocenters. The van der Waals surface area contributed by atoms with Gasteiger partial charge in [-0.25, -0.2) is 4.79 Å². The predicted octanol–water partition coefficient (Wildman–Crippen LogP) is 1.81. The van der Waals surface area contributed by atoms with Crippen molar-refractivity contribution < 1.29 is 19.2 Å². The number of amides is 1. The molecule has 1 N–H and O–H groups in total. The molecule has 1 aromatic carbocycles. The number of nitrogens with zero attached hydrogens (tertiary/aromatic N) is 2. The van der Waals surface area contributed by atoms with Crippen LogP contribution in [0.25, 0.3) is 0 Å². The number of carbonyl (C=O) groups excluding carboxylic acids is 1. The Labute approximate surface area is 127 Å². The van der Waals surface area contributed by atoms with Crippen LogP contribution in [0.3, 0.4) is 0 Å². The molecular formula is C16H16N2O4. The summed E-state index contributed by atoms with van der Waals surface area (Å²) in [6, 6.07) is 6.84. The first-order valence-electron chi connectivity index (χ1n) is 7.08. The Balaban J connectivity index is 1.74. The van der Waals surface area contributed by atoms with E-state index < -0.39 is 5.97 Å². The zero-order valence-electron chi connectivity index (χ0n) is 12.2. The highest BCUT2D eigenvalue weighted by molar-refractivity contribution is 5.88. The van der Waals surface area contributed by atoms with Crippen LogP contribution in [0.15, 0.2) is 28.8 Å². The van der Waals surface area contributed by atoms with E-state index in [9.17, 15) is 9.59 Å². The van der Waals surface area contributed by atoms with Gasteiger partial charge in [0.1, 0.15) is 5.76 Å². The zero-order chi connectivity index (χ0) is 15.7. The Kier molecular flexibility index (Phi) is 3.66. The lowest BCUT2D eigenvalue weighted by atomic mass is 9.97. The van der Waals surface area contributed by atoms with Gasteiger partial charge in [-0.3, -0.25) is 4.79 Å². The predicted molar refractivity (Wildman–Crippen MR) is 77.5 cm³/mol. The topological polar surface area (TPSA) is 83.6 Å². The number of aromatic carboxylic acids is 1. The van der Waals surface area contributed by atoms with Gasteiger partial charge < -0.3 is 14.5 Å². The van der Waals surface area contributed by atoms with Crippen molar-refractivity contribution in [2.45, 2.75) is 26.3 Å². The summed E-state index contributed by atoms with van der Waals surface area (Å²) in [4.78, 5) is 25.1. The number of carboxylic acid groups (broad SMARTS) is 1. The standard InChI is InChI=1S/C16H16N2O4/c1-10-6-14(17-22-10)8-15(19)18-5-4-11-2-3-12(16(20)21)7-13(11)9-18/h2-3,6-7H,4-5,8-9H2,1H3,(H,20,21). The van der Waals surface area contributed by atoms with Crippen LogP contribution in [-0.4, -0.2) is 33.6 Å². The quantitative estimate of drug-likeness (QED) is 0.934.